The van der Waals surface area contributed by atoms with E-state index in [-0.39, 0.29) is 36.3 Å². The van der Waals surface area contributed by atoms with Crippen LogP contribution < -0.4 is 10.6 Å². The van der Waals surface area contributed by atoms with Crippen molar-refractivity contribution >= 4 is 29.9 Å². The molecule has 0 aromatic carbocycles. The van der Waals surface area contributed by atoms with Gasteiger partial charge in [-0.2, -0.15) is 8.78 Å². The van der Waals surface area contributed by atoms with Crippen molar-refractivity contribution in [3.05, 3.63) is 18.2 Å². The van der Waals surface area contributed by atoms with E-state index in [2.05, 4.69) is 39.4 Å². The normalized spacial score (nSPS) is 16.9. The average molecular weight is 514 g/mol. The lowest BCUT2D eigenvalue weighted by Crippen LogP contribution is -2.53. The Kier molecular flexibility index (Phi) is 11.8. The molecule has 0 aliphatic carbocycles. The van der Waals surface area contributed by atoms with Crippen molar-refractivity contribution in [2.75, 3.05) is 39.9 Å². The Morgan fingerprint density at radius 3 is 2.50 bits per heavy atom. The topological polar surface area (TPSA) is 66.7 Å². The molecule has 1 fully saturated rings. The fourth-order valence-electron chi connectivity index (χ4n) is 3.58. The summed E-state index contributed by atoms with van der Waals surface area (Å²) in [6.45, 7) is 6.16. The first-order chi connectivity index (χ1) is 13.1. The molecule has 1 aliphatic heterocycles. The lowest BCUT2D eigenvalue weighted by Gasteiger charge is -2.39. The van der Waals surface area contributed by atoms with Gasteiger partial charge in [0.15, 0.2) is 5.96 Å². The first-order valence-electron chi connectivity index (χ1n) is 9.66. The molecule has 0 radical (unpaired) electrons. The molecule has 7 nitrogen and oxygen atoms in total. The number of aliphatic imine (C=N–C) groups is 1. The van der Waals surface area contributed by atoms with Crippen LogP contribution in [0.25, 0.3) is 0 Å². The highest BCUT2D eigenvalue weighted by atomic mass is 127. The predicted octanol–water partition coefficient (Wildman–Crippen LogP) is 2.70. The Bertz CT molecular complexity index is 576. The zero-order valence-electron chi connectivity index (χ0n) is 16.9. The van der Waals surface area contributed by atoms with Gasteiger partial charge in [0.25, 0.3) is 0 Å². The molecule has 0 bridgehead atoms. The number of imidazole rings is 1. The Morgan fingerprint density at radius 1 is 1.25 bits per heavy atom. The quantitative estimate of drug-likeness (QED) is 0.302. The zero-order chi connectivity index (χ0) is 19.6. The minimum Gasteiger partial charge on any atom is -0.379 e. The third-order valence-electron chi connectivity index (χ3n) is 5.18. The molecule has 1 saturated heterocycles. The number of aromatic nitrogens is 2. The molecule has 2 heterocycles. The standard InChI is InChI=1S/C18H32F2N6O.HI/c1-4-14(5-2)15(25-8-10-27-11-9-25)12-23-18(21-3)24-13-16-22-6-7-26(16)17(19)20;/h6-7,14-15,17H,4-5,8-13H2,1-3H3,(H2,21,23,24);1H. The van der Waals surface area contributed by atoms with Crippen LogP contribution in [0.4, 0.5) is 8.78 Å². The minimum atomic E-state index is -2.60. The van der Waals surface area contributed by atoms with E-state index < -0.39 is 6.55 Å². The summed E-state index contributed by atoms with van der Waals surface area (Å²) in [5.74, 6) is 1.44. The number of alkyl halides is 2. The van der Waals surface area contributed by atoms with Crippen molar-refractivity contribution < 1.29 is 13.5 Å². The van der Waals surface area contributed by atoms with Crippen molar-refractivity contribution in [2.45, 2.75) is 45.8 Å². The molecule has 28 heavy (non-hydrogen) atoms. The molecule has 1 aliphatic rings. The zero-order valence-corrected chi connectivity index (χ0v) is 19.2. The van der Waals surface area contributed by atoms with E-state index in [0.717, 1.165) is 50.3 Å². The summed E-state index contributed by atoms with van der Waals surface area (Å²) in [7, 11) is 1.68. The second-order valence-electron chi connectivity index (χ2n) is 6.63. The maximum Gasteiger partial charge on any atom is 0.319 e. The number of ether oxygens (including phenoxy) is 1. The fourth-order valence-corrected chi connectivity index (χ4v) is 3.58. The van der Waals surface area contributed by atoms with Crippen LogP contribution in [-0.2, 0) is 11.3 Å². The summed E-state index contributed by atoms with van der Waals surface area (Å²) in [6, 6.07) is 0.380. The van der Waals surface area contributed by atoms with Gasteiger partial charge >= 0.3 is 6.55 Å². The van der Waals surface area contributed by atoms with Crippen LogP contribution >= 0.6 is 24.0 Å². The van der Waals surface area contributed by atoms with E-state index in [1.54, 1.807) is 7.05 Å². The van der Waals surface area contributed by atoms with Gasteiger partial charge in [-0.3, -0.25) is 14.5 Å². The van der Waals surface area contributed by atoms with Gasteiger partial charge in [-0.25, -0.2) is 4.98 Å². The van der Waals surface area contributed by atoms with Crippen LogP contribution in [0.2, 0.25) is 0 Å². The molecule has 2 rings (SSSR count). The van der Waals surface area contributed by atoms with E-state index in [0.29, 0.717) is 17.9 Å². The SMILES string of the molecule is CCC(CC)C(CNC(=NC)NCc1nccn1C(F)F)N1CCOCC1.I. The number of rotatable bonds is 9. The molecule has 10 heteroatoms. The molecule has 0 spiro atoms. The summed E-state index contributed by atoms with van der Waals surface area (Å²) < 4.78 is 32.2. The van der Waals surface area contributed by atoms with E-state index in [1.807, 2.05) is 0 Å². The van der Waals surface area contributed by atoms with Crippen molar-refractivity contribution in [2.24, 2.45) is 10.9 Å². The maximum absolute atomic E-state index is 12.9. The molecule has 1 aromatic heterocycles. The van der Waals surface area contributed by atoms with Crippen LogP contribution in [0.3, 0.4) is 0 Å². The van der Waals surface area contributed by atoms with E-state index >= 15 is 0 Å². The molecule has 1 unspecified atom stereocenters. The van der Waals surface area contributed by atoms with Gasteiger partial charge in [-0.05, 0) is 5.92 Å². The highest BCUT2D eigenvalue weighted by molar-refractivity contribution is 14.0. The molecular weight excluding hydrogens is 481 g/mol. The maximum atomic E-state index is 12.9. The summed E-state index contributed by atoms with van der Waals surface area (Å²) in [5, 5.41) is 6.44. The summed E-state index contributed by atoms with van der Waals surface area (Å²) in [6.07, 6.45) is 4.87. The lowest BCUT2D eigenvalue weighted by molar-refractivity contribution is 0.00271. The summed E-state index contributed by atoms with van der Waals surface area (Å²) in [4.78, 5) is 10.7. The number of halogens is 3. The van der Waals surface area contributed by atoms with Crippen LogP contribution in [0.5, 0.6) is 0 Å². The first-order valence-corrected chi connectivity index (χ1v) is 9.66. The molecule has 0 saturated carbocycles. The largest absolute Gasteiger partial charge is 0.379 e. The average Bonchev–Trinajstić information content (AvgIpc) is 3.17. The Morgan fingerprint density at radius 2 is 1.93 bits per heavy atom. The lowest BCUT2D eigenvalue weighted by atomic mass is 9.92. The van der Waals surface area contributed by atoms with Gasteiger partial charge in [0.05, 0.1) is 19.8 Å². The Balaban J connectivity index is 0.00000392. The minimum absolute atomic E-state index is 0. The molecule has 1 atom stereocenters. The molecular formula is C18H33F2IN6O. The van der Waals surface area contributed by atoms with Crippen molar-refractivity contribution in [1.82, 2.24) is 25.1 Å². The van der Waals surface area contributed by atoms with Crippen molar-refractivity contribution in [3.8, 4) is 0 Å². The number of nitrogens with one attached hydrogen (secondary N) is 2. The number of nitrogens with zero attached hydrogens (tertiary/aromatic N) is 4. The third kappa shape index (κ3) is 7.11. The van der Waals surface area contributed by atoms with Crippen molar-refractivity contribution in [1.29, 1.82) is 0 Å². The second-order valence-corrected chi connectivity index (χ2v) is 6.63. The van der Waals surface area contributed by atoms with Crippen LogP contribution in [0, 0.1) is 5.92 Å². The monoisotopic (exact) mass is 514 g/mol. The van der Waals surface area contributed by atoms with Gasteiger partial charge in [0.2, 0.25) is 0 Å². The summed E-state index contributed by atoms with van der Waals surface area (Å²) in [5.41, 5.74) is 0. The molecule has 162 valence electrons. The molecule has 0 amide bonds. The third-order valence-corrected chi connectivity index (χ3v) is 5.18. The van der Waals surface area contributed by atoms with Gasteiger partial charge in [0.1, 0.15) is 5.82 Å². The number of hydrogen-bond acceptors (Lipinski definition) is 4. The van der Waals surface area contributed by atoms with Gasteiger partial charge in [-0.15, -0.1) is 24.0 Å². The van der Waals surface area contributed by atoms with E-state index in [9.17, 15) is 8.78 Å². The van der Waals surface area contributed by atoms with Crippen LogP contribution in [0.1, 0.15) is 39.1 Å². The Hall–Kier alpha value is -1.01. The molecule has 1 aromatic rings. The highest BCUT2D eigenvalue weighted by Gasteiger charge is 2.27. The van der Waals surface area contributed by atoms with Crippen molar-refractivity contribution in [3.63, 3.8) is 0 Å². The smallest absolute Gasteiger partial charge is 0.319 e. The van der Waals surface area contributed by atoms with Gasteiger partial charge in [-0.1, -0.05) is 26.7 Å². The predicted molar refractivity (Wildman–Crippen MR) is 117 cm³/mol. The number of morpholine rings is 1. The highest BCUT2D eigenvalue weighted by Crippen LogP contribution is 2.19. The fraction of sp³-hybridized carbons (Fsp3) is 0.778. The first kappa shape index (κ1) is 25.0. The number of hydrogen-bond donors (Lipinski definition) is 2. The van der Waals surface area contributed by atoms with E-state index in [4.69, 9.17) is 4.74 Å². The second kappa shape index (κ2) is 13.3. The van der Waals surface area contributed by atoms with Gasteiger partial charge in [0, 0.05) is 45.1 Å². The summed E-state index contributed by atoms with van der Waals surface area (Å²) >= 11 is 0. The van der Waals surface area contributed by atoms with Crippen LogP contribution in [-0.4, -0.2) is 66.3 Å². The van der Waals surface area contributed by atoms with Crippen LogP contribution in [0.15, 0.2) is 17.4 Å². The number of guanidine groups is 1. The van der Waals surface area contributed by atoms with E-state index in [1.165, 1.54) is 12.4 Å². The Labute approximate surface area is 183 Å². The molecule has 2 N–H and O–H groups in total. The van der Waals surface area contributed by atoms with Gasteiger partial charge < -0.3 is 15.4 Å².